The van der Waals surface area contributed by atoms with Gasteiger partial charge in [0.05, 0.1) is 5.52 Å². The topological polar surface area (TPSA) is 46.3 Å². The second-order valence-corrected chi connectivity index (χ2v) is 4.99. The summed E-state index contributed by atoms with van der Waals surface area (Å²) < 4.78 is 15.0. The van der Waals surface area contributed by atoms with E-state index in [2.05, 4.69) is 15.2 Å². The van der Waals surface area contributed by atoms with Gasteiger partial charge in [-0.05, 0) is 36.4 Å². The van der Waals surface area contributed by atoms with E-state index in [0.717, 1.165) is 22.4 Å². The molecule has 0 aliphatic rings. The Labute approximate surface area is 125 Å². The van der Waals surface area contributed by atoms with Crippen LogP contribution in [0.1, 0.15) is 0 Å². The third-order valence-corrected chi connectivity index (χ3v) is 3.67. The Balaban J connectivity index is 1.97. The van der Waals surface area contributed by atoms with Gasteiger partial charge in [-0.15, -0.1) is 10.2 Å². The molecule has 2 heterocycles. The van der Waals surface area contributed by atoms with Gasteiger partial charge in [-0.1, -0.05) is 12.1 Å². The first-order valence-electron chi connectivity index (χ1n) is 6.82. The average molecular weight is 293 g/mol. The minimum atomic E-state index is -0.261. The van der Waals surface area contributed by atoms with Gasteiger partial charge >= 0.3 is 0 Å². The number of fused-ring (bicyclic) bond motifs is 3. The molecular weight excluding hydrogens is 281 g/mol. The highest BCUT2D eigenvalue weighted by molar-refractivity contribution is 5.93. The zero-order chi connectivity index (χ0) is 15.1. The Morgan fingerprint density at radius 3 is 2.64 bits per heavy atom. The molecule has 0 unspecified atom stereocenters. The Hall–Kier alpha value is -3.02. The molecular formula is C16H12FN5. The van der Waals surface area contributed by atoms with Crippen molar-refractivity contribution in [1.29, 1.82) is 0 Å². The van der Waals surface area contributed by atoms with Gasteiger partial charge in [0.1, 0.15) is 18.0 Å². The summed E-state index contributed by atoms with van der Waals surface area (Å²) in [5.41, 5.74) is 1.82. The molecule has 6 heteroatoms. The van der Waals surface area contributed by atoms with E-state index in [-0.39, 0.29) is 5.82 Å². The van der Waals surface area contributed by atoms with E-state index < -0.39 is 0 Å². The molecule has 0 N–H and O–H groups in total. The number of anilines is 2. The Morgan fingerprint density at radius 1 is 1.05 bits per heavy atom. The molecule has 0 bridgehead atoms. The van der Waals surface area contributed by atoms with E-state index in [4.69, 9.17) is 0 Å². The van der Waals surface area contributed by atoms with Crippen molar-refractivity contribution in [1.82, 2.24) is 19.6 Å². The molecule has 0 atom stereocenters. The lowest BCUT2D eigenvalue weighted by atomic mass is 10.2. The summed E-state index contributed by atoms with van der Waals surface area (Å²) in [5, 5.41) is 8.93. The molecule has 0 spiro atoms. The normalized spacial score (nSPS) is 11.2. The molecule has 0 fully saturated rings. The zero-order valence-corrected chi connectivity index (χ0v) is 11.8. The fraction of sp³-hybridized carbons (Fsp3) is 0.0625. The lowest BCUT2D eigenvalue weighted by Gasteiger charge is -2.20. The van der Waals surface area contributed by atoms with Crippen LogP contribution in [0.15, 0.2) is 54.9 Å². The molecule has 22 heavy (non-hydrogen) atoms. The third kappa shape index (κ3) is 1.88. The highest BCUT2D eigenvalue weighted by Gasteiger charge is 2.14. The maximum atomic E-state index is 13.1. The van der Waals surface area contributed by atoms with Crippen LogP contribution in [0.25, 0.3) is 16.7 Å². The predicted molar refractivity (Wildman–Crippen MR) is 82.8 cm³/mol. The molecule has 0 saturated carbocycles. The molecule has 0 aliphatic carbocycles. The SMILES string of the molecule is CN(c1ccc(F)cc1)c1nc2nncn2c2ccccc12. The predicted octanol–water partition coefficient (Wildman–Crippen LogP) is 3.18. The third-order valence-electron chi connectivity index (χ3n) is 3.67. The molecule has 0 aliphatic heterocycles. The van der Waals surface area contributed by atoms with Gasteiger partial charge in [-0.2, -0.15) is 4.98 Å². The fourth-order valence-corrected chi connectivity index (χ4v) is 2.55. The Morgan fingerprint density at radius 2 is 1.82 bits per heavy atom. The molecule has 4 rings (SSSR count). The van der Waals surface area contributed by atoms with Gasteiger partial charge in [0.15, 0.2) is 0 Å². The Bertz CT molecular complexity index is 961. The molecule has 4 aromatic rings. The number of hydrogen-bond acceptors (Lipinski definition) is 4. The van der Waals surface area contributed by atoms with Crippen LogP contribution < -0.4 is 4.90 Å². The first-order chi connectivity index (χ1) is 10.7. The summed E-state index contributed by atoms with van der Waals surface area (Å²) in [6.45, 7) is 0. The summed E-state index contributed by atoms with van der Waals surface area (Å²) in [7, 11) is 1.90. The summed E-state index contributed by atoms with van der Waals surface area (Å²) in [5.74, 6) is 1.02. The number of nitrogens with zero attached hydrogens (tertiary/aromatic N) is 5. The van der Waals surface area contributed by atoms with Crippen LogP contribution in [0.5, 0.6) is 0 Å². The number of rotatable bonds is 2. The molecule has 0 amide bonds. The quantitative estimate of drug-likeness (QED) is 0.569. The van der Waals surface area contributed by atoms with Crippen molar-refractivity contribution in [2.75, 3.05) is 11.9 Å². The van der Waals surface area contributed by atoms with Gasteiger partial charge in [-0.3, -0.25) is 4.40 Å². The number of halogens is 1. The first-order valence-corrected chi connectivity index (χ1v) is 6.82. The van der Waals surface area contributed by atoms with E-state index in [0.29, 0.717) is 5.78 Å². The summed E-state index contributed by atoms with van der Waals surface area (Å²) in [6, 6.07) is 14.2. The summed E-state index contributed by atoms with van der Waals surface area (Å²) >= 11 is 0. The van der Waals surface area contributed by atoms with E-state index in [9.17, 15) is 4.39 Å². The summed E-state index contributed by atoms with van der Waals surface area (Å²) in [4.78, 5) is 6.50. The van der Waals surface area contributed by atoms with Gasteiger partial charge in [0.25, 0.3) is 5.78 Å². The first kappa shape index (κ1) is 12.7. The maximum Gasteiger partial charge on any atom is 0.257 e. The van der Waals surface area contributed by atoms with Gasteiger partial charge in [0, 0.05) is 18.1 Å². The van der Waals surface area contributed by atoms with E-state index in [1.807, 2.05) is 40.6 Å². The molecule has 2 aromatic heterocycles. The smallest absolute Gasteiger partial charge is 0.257 e. The number of para-hydroxylation sites is 1. The van der Waals surface area contributed by atoms with Crippen LogP contribution in [0, 0.1) is 5.82 Å². The van der Waals surface area contributed by atoms with Crippen molar-refractivity contribution in [3.8, 4) is 0 Å². The average Bonchev–Trinajstić information content (AvgIpc) is 3.03. The largest absolute Gasteiger partial charge is 0.329 e. The van der Waals surface area contributed by atoms with Crippen LogP contribution >= 0.6 is 0 Å². The highest BCUT2D eigenvalue weighted by atomic mass is 19.1. The number of hydrogen-bond donors (Lipinski definition) is 0. The van der Waals surface area contributed by atoms with Crippen LogP contribution in [-0.4, -0.2) is 26.6 Å². The second-order valence-electron chi connectivity index (χ2n) is 4.99. The van der Waals surface area contributed by atoms with Gasteiger partial charge in [-0.25, -0.2) is 4.39 Å². The fourth-order valence-electron chi connectivity index (χ4n) is 2.55. The molecule has 108 valence electrons. The van der Waals surface area contributed by atoms with E-state index >= 15 is 0 Å². The molecule has 5 nitrogen and oxygen atoms in total. The molecule has 0 radical (unpaired) electrons. The maximum absolute atomic E-state index is 13.1. The van der Waals surface area contributed by atoms with Crippen LogP contribution in [0.3, 0.4) is 0 Å². The van der Waals surface area contributed by atoms with Crippen molar-refractivity contribution < 1.29 is 4.39 Å². The molecule has 0 saturated heterocycles. The van der Waals surface area contributed by atoms with Crippen molar-refractivity contribution in [2.24, 2.45) is 0 Å². The van der Waals surface area contributed by atoms with Crippen molar-refractivity contribution in [3.63, 3.8) is 0 Å². The minimum absolute atomic E-state index is 0.261. The number of benzene rings is 2. The van der Waals surface area contributed by atoms with E-state index in [1.165, 1.54) is 12.1 Å². The van der Waals surface area contributed by atoms with Crippen molar-refractivity contribution >= 4 is 28.2 Å². The van der Waals surface area contributed by atoms with Gasteiger partial charge in [0.2, 0.25) is 0 Å². The lowest BCUT2D eigenvalue weighted by Crippen LogP contribution is -2.13. The zero-order valence-electron chi connectivity index (χ0n) is 11.8. The highest BCUT2D eigenvalue weighted by Crippen LogP contribution is 2.29. The van der Waals surface area contributed by atoms with Crippen LogP contribution in [0.2, 0.25) is 0 Å². The van der Waals surface area contributed by atoms with Crippen LogP contribution in [0.4, 0.5) is 15.9 Å². The monoisotopic (exact) mass is 293 g/mol. The minimum Gasteiger partial charge on any atom is -0.329 e. The lowest BCUT2D eigenvalue weighted by molar-refractivity contribution is 0.628. The van der Waals surface area contributed by atoms with Crippen molar-refractivity contribution in [3.05, 3.63) is 60.7 Å². The van der Waals surface area contributed by atoms with Crippen molar-refractivity contribution in [2.45, 2.75) is 0 Å². The summed E-state index contributed by atoms with van der Waals surface area (Å²) in [6.07, 6.45) is 1.65. The second kappa shape index (κ2) is 4.77. The molecule has 2 aromatic carbocycles. The Kier molecular flexibility index (Phi) is 2.75. The van der Waals surface area contributed by atoms with Crippen LogP contribution in [-0.2, 0) is 0 Å². The van der Waals surface area contributed by atoms with E-state index in [1.54, 1.807) is 18.5 Å². The number of aromatic nitrogens is 4. The van der Waals surface area contributed by atoms with Gasteiger partial charge < -0.3 is 4.90 Å². The standard InChI is InChI=1S/C16H12FN5/c1-21(12-8-6-11(17)7-9-12)15-13-4-2-3-5-14(13)22-10-18-20-16(22)19-15/h2-10H,1H3.